The summed E-state index contributed by atoms with van der Waals surface area (Å²) in [7, 11) is 0. The van der Waals surface area contributed by atoms with Crippen molar-refractivity contribution in [3.63, 3.8) is 0 Å². The zero-order valence-electron chi connectivity index (χ0n) is 17.3. The molecule has 5 atom stereocenters. The Balaban J connectivity index is 1.48. The lowest BCUT2D eigenvalue weighted by molar-refractivity contribution is -0.137. The van der Waals surface area contributed by atoms with E-state index in [0.29, 0.717) is 18.3 Å². The predicted octanol–water partition coefficient (Wildman–Crippen LogP) is 5.77. The van der Waals surface area contributed by atoms with Gasteiger partial charge in [0.2, 0.25) is 0 Å². The number of carbonyl (C=O) groups is 1. The fraction of sp³-hybridized carbons (Fsp3) is 0.625. The van der Waals surface area contributed by atoms with Gasteiger partial charge in [-0.1, -0.05) is 32.3 Å². The molecule has 3 rings (SSSR count). The Morgan fingerprint density at radius 1 is 1.14 bits per heavy atom. The minimum Gasteiger partial charge on any atom is -0.481 e. The number of benzene rings is 1. The number of hydrogen-bond donors (Lipinski definition) is 3. The van der Waals surface area contributed by atoms with Crippen LogP contribution in [0.3, 0.4) is 0 Å². The minimum absolute atomic E-state index is 0.253. The predicted molar refractivity (Wildman–Crippen MR) is 118 cm³/mol. The van der Waals surface area contributed by atoms with Crippen LogP contribution in [0.15, 0.2) is 29.6 Å². The highest BCUT2D eigenvalue weighted by Crippen LogP contribution is 2.43. The molecule has 1 aliphatic carbocycles. The molecule has 1 heterocycles. The molecule has 160 valence electrons. The van der Waals surface area contributed by atoms with E-state index < -0.39 is 12.1 Å². The first-order valence-electron chi connectivity index (χ1n) is 11.0. The quantitative estimate of drug-likeness (QED) is 0.405. The molecule has 0 spiro atoms. The van der Waals surface area contributed by atoms with E-state index >= 15 is 0 Å². The highest BCUT2D eigenvalue weighted by molar-refractivity contribution is 7.17. The van der Waals surface area contributed by atoms with Crippen molar-refractivity contribution in [2.45, 2.75) is 76.9 Å². The van der Waals surface area contributed by atoms with Crippen LogP contribution in [-0.2, 0) is 4.79 Å². The van der Waals surface area contributed by atoms with Crippen molar-refractivity contribution in [3.8, 4) is 0 Å². The van der Waals surface area contributed by atoms with Crippen LogP contribution in [0.5, 0.6) is 0 Å². The van der Waals surface area contributed by atoms with Gasteiger partial charge in [-0.05, 0) is 84.4 Å². The number of thiophene rings is 1. The van der Waals surface area contributed by atoms with Crippen molar-refractivity contribution >= 4 is 27.4 Å². The molecule has 5 unspecified atom stereocenters. The molecule has 3 N–H and O–H groups in total. The third-order valence-electron chi connectivity index (χ3n) is 6.70. The first-order valence-corrected chi connectivity index (χ1v) is 11.9. The van der Waals surface area contributed by atoms with Crippen LogP contribution in [0.4, 0.5) is 0 Å². The SMILES string of the molecule is CC1CC(O)C(CCC(O)c2ccc3sccc3c2)C1CCCCCCC(=O)O. The van der Waals surface area contributed by atoms with E-state index in [1.165, 1.54) is 10.1 Å². The van der Waals surface area contributed by atoms with Gasteiger partial charge in [0.25, 0.3) is 0 Å². The summed E-state index contributed by atoms with van der Waals surface area (Å²) in [6.45, 7) is 2.24. The van der Waals surface area contributed by atoms with Crippen LogP contribution < -0.4 is 0 Å². The third kappa shape index (κ3) is 6.03. The number of aliphatic carboxylic acids is 1. The van der Waals surface area contributed by atoms with Gasteiger partial charge in [-0.25, -0.2) is 0 Å². The first kappa shape index (κ1) is 22.3. The van der Waals surface area contributed by atoms with Crippen molar-refractivity contribution in [1.29, 1.82) is 0 Å². The molecule has 4 nitrogen and oxygen atoms in total. The molecular weight excluding hydrogens is 384 g/mol. The zero-order chi connectivity index (χ0) is 20.8. The number of aliphatic hydroxyl groups excluding tert-OH is 2. The summed E-state index contributed by atoms with van der Waals surface area (Å²) < 4.78 is 1.24. The molecule has 1 aliphatic rings. The van der Waals surface area contributed by atoms with Crippen LogP contribution in [0.1, 0.15) is 76.4 Å². The summed E-state index contributed by atoms with van der Waals surface area (Å²) >= 11 is 1.71. The lowest BCUT2D eigenvalue weighted by atomic mass is 9.82. The summed E-state index contributed by atoms with van der Waals surface area (Å²) in [4.78, 5) is 10.6. The minimum atomic E-state index is -0.714. The van der Waals surface area contributed by atoms with Gasteiger partial charge in [-0.15, -0.1) is 11.3 Å². The number of rotatable bonds is 11. The number of unbranched alkanes of at least 4 members (excludes halogenated alkanes) is 3. The summed E-state index contributed by atoms with van der Waals surface area (Å²) in [6, 6.07) is 8.27. The van der Waals surface area contributed by atoms with E-state index in [2.05, 4.69) is 30.5 Å². The van der Waals surface area contributed by atoms with Gasteiger partial charge in [0.1, 0.15) is 0 Å². The smallest absolute Gasteiger partial charge is 0.303 e. The standard InChI is InChI=1S/C24H34O4S/c1-16-14-22(26)20(19(16)6-4-2-3-5-7-24(27)28)9-10-21(25)17-8-11-23-18(15-17)12-13-29-23/h8,11-13,15-16,19-22,25-26H,2-7,9-10,14H2,1H3,(H,27,28). The van der Waals surface area contributed by atoms with Crippen molar-refractivity contribution in [2.24, 2.45) is 17.8 Å². The van der Waals surface area contributed by atoms with Crippen LogP contribution in [0.25, 0.3) is 10.1 Å². The third-order valence-corrected chi connectivity index (χ3v) is 7.60. The molecule has 1 saturated carbocycles. The largest absolute Gasteiger partial charge is 0.481 e. The average molecular weight is 419 g/mol. The second-order valence-electron chi connectivity index (χ2n) is 8.77. The molecule has 0 saturated heterocycles. The molecule has 0 radical (unpaired) electrons. The summed E-state index contributed by atoms with van der Waals surface area (Å²) in [6.07, 6.45) is 6.84. The van der Waals surface area contributed by atoms with Crippen LogP contribution >= 0.6 is 11.3 Å². The Labute approximate surface area is 177 Å². The molecule has 0 amide bonds. The van der Waals surface area contributed by atoms with Gasteiger partial charge >= 0.3 is 5.97 Å². The second-order valence-corrected chi connectivity index (χ2v) is 9.71. The lowest BCUT2D eigenvalue weighted by Crippen LogP contribution is -2.21. The molecule has 2 aromatic rings. The van der Waals surface area contributed by atoms with Gasteiger partial charge in [0.15, 0.2) is 0 Å². The maximum atomic E-state index is 10.7. The maximum Gasteiger partial charge on any atom is 0.303 e. The highest BCUT2D eigenvalue weighted by atomic mass is 32.1. The van der Waals surface area contributed by atoms with E-state index in [-0.39, 0.29) is 18.4 Å². The van der Waals surface area contributed by atoms with E-state index in [4.69, 9.17) is 5.11 Å². The van der Waals surface area contributed by atoms with Gasteiger partial charge in [-0.2, -0.15) is 0 Å². The van der Waals surface area contributed by atoms with Crippen molar-refractivity contribution < 1.29 is 20.1 Å². The van der Waals surface area contributed by atoms with Gasteiger partial charge in [0, 0.05) is 11.1 Å². The monoisotopic (exact) mass is 418 g/mol. The number of carboxylic acids is 1. The number of aliphatic hydroxyl groups is 2. The number of carboxylic acid groups (broad SMARTS) is 1. The highest BCUT2D eigenvalue weighted by Gasteiger charge is 2.39. The van der Waals surface area contributed by atoms with Crippen LogP contribution in [-0.4, -0.2) is 27.4 Å². The Kier molecular flexibility index (Phi) is 8.10. The van der Waals surface area contributed by atoms with E-state index in [1.807, 2.05) is 6.07 Å². The number of fused-ring (bicyclic) bond motifs is 1. The fourth-order valence-corrected chi connectivity index (χ4v) is 5.83. The molecular formula is C24H34O4S. The molecule has 0 bridgehead atoms. The van der Waals surface area contributed by atoms with Gasteiger partial charge in [0.05, 0.1) is 12.2 Å². The zero-order valence-corrected chi connectivity index (χ0v) is 18.1. The molecule has 0 aliphatic heterocycles. The topological polar surface area (TPSA) is 77.8 Å². The molecule has 29 heavy (non-hydrogen) atoms. The lowest BCUT2D eigenvalue weighted by Gasteiger charge is -2.25. The first-order chi connectivity index (χ1) is 14.0. The molecule has 5 heteroatoms. The Hall–Kier alpha value is -1.43. The van der Waals surface area contributed by atoms with E-state index in [1.54, 1.807) is 11.3 Å². The van der Waals surface area contributed by atoms with E-state index in [9.17, 15) is 15.0 Å². The Morgan fingerprint density at radius 2 is 1.93 bits per heavy atom. The van der Waals surface area contributed by atoms with E-state index in [0.717, 1.165) is 50.5 Å². The van der Waals surface area contributed by atoms with Crippen LogP contribution in [0.2, 0.25) is 0 Å². The number of hydrogen-bond acceptors (Lipinski definition) is 4. The van der Waals surface area contributed by atoms with Crippen molar-refractivity contribution in [2.75, 3.05) is 0 Å². The van der Waals surface area contributed by atoms with Crippen molar-refractivity contribution in [1.82, 2.24) is 0 Å². The maximum absolute atomic E-state index is 10.7. The summed E-state index contributed by atoms with van der Waals surface area (Å²) in [5, 5.41) is 33.3. The molecule has 1 aromatic heterocycles. The average Bonchev–Trinajstić information content (AvgIpc) is 3.25. The Morgan fingerprint density at radius 3 is 2.72 bits per heavy atom. The molecule has 1 fully saturated rings. The summed E-state index contributed by atoms with van der Waals surface area (Å²) in [5.74, 6) is 0.544. The van der Waals surface area contributed by atoms with Crippen LogP contribution in [0, 0.1) is 17.8 Å². The normalized spacial score (nSPS) is 25.5. The van der Waals surface area contributed by atoms with Gasteiger partial charge in [-0.3, -0.25) is 4.79 Å². The summed E-state index contributed by atoms with van der Waals surface area (Å²) in [5.41, 5.74) is 0.964. The van der Waals surface area contributed by atoms with Gasteiger partial charge < -0.3 is 15.3 Å². The second kappa shape index (κ2) is 10.6. The fourth-order valence-electron chi connectivity index (χ4n) is 5.06. The molecule has 1 aromatic carbocycles. The van der Waals surface area contributed by atoms with Crippen molar-refractivity contribution in [3.05, 3.63) is 35.2 Å². The Bertz CT molecular complexity index is 786.